The second-order valence-electron chi connectivity index (χ2n) is 7.85. The normalized spacial score (nSPS) is 18.2. The fourth-order valence-corrected chi connectivity index (χ4v) is 4.27. The molecule has 0 aliphatic carbocycles. The minimum Gasteiger partial charge on any atom is -0.347 e. The second-order valence-corrected chi connectivity index (χ2v) is 8.25. The van der Waals surface area contributed by atoms with Crippen LogP contribution in [0, 0.1) is 13.8 Å². The molecule has 1 aliphatic heterocycles. The molecule has 2 aromatic carbocycles. The summed E-state index contributed by atoms with van der Waals surface area (Å²) in [6.07, 6.45) is 0.501. The van der Waals surface area contributed by atoms with E-state index in [1.165, 1.54) is 0 Å². The number of carbonyl (C=O) groups is 1. The Hall–Kier alpha value is -3.26. The maximum atomic E-state index is 14.9. The van der Waals surface area contributed by atoms with Crippen molar-refractivity contribution in [3.05, 3.63) is 70.5 Å². The van der Waals surface area contributed by atoms with Gasteiger partial charge in [-0.15, -0.1) is 0 Å². The van der Waals surface area contributed by atoms with Gasteiger partial charge in [-0.25, -0.2) is 19.0 Å². The van der Waals surface area contributed by atoms with Crippen molar-refractivity contribution < 1.29 is 9.18 Å². The molecule has 0 fully saturated rings. The van der Waals surface area contributed by atoms with E-state index in [4.69, 9.17) is 11.6 Å². The second kappa shape index (κ2) is 7.46. The van der Waals surface area contributed by atoms with Gasteiger partial charge in [0.15, 0.2) is 6.17 Å². The zero-order valence-corrected chi connectivity index (χ0v) is 17.8. The molecule has 2 unspecified atom stereocenters. The average Bonchev–Trinajstić information content (AvgIpc) is 3.31. The lowest BCUT2D eigenvalue weighted by Crippen LogP contribution is -2.41. The molecule has 2 atom stereocenters. The van der Waals surface area contributed by atoms with Crippen LogP contribution in [-0.2, 0) is 6.54 Å². The molecule has 9 heteroatoms. The maximum Gasteiger partial charge on any atom is 0.253 e. The molecule has 5 rings (SSSR count). The van der Waals surface area contributed by atoms with E-state index >= 15 is 0 Å². The van der Waals surface area contributed by atoms with Gasteiger partial charge in [0, 0.05) is 13.0 Å². The molecule has 1 N–H and O–H groups in total. The van der Waals surface area contributed by atoms with Crippen molar-refractivity contribution in [3.63, 3.8) is 0 Å². The largest absolute Gasteiger partial charge is 0.347 e. The van der Waals surface area contributed by atoms with Gasteiger partial charge >= 0.3 is 0 Å². The van der Waals surface area contributed by atoms with E-state index in [1.807, 2.05) is 29.7 Å². The maximum absolute atomic E-state index is 14.9. The Labute approximate surface area is 182 Å². The lowest BCUT2D eigenvalue weighted by Gasteiger charge is -2.27. The predicted molar refractivity (Wildman–Crippen MR) is 115 cm³/mol. The predicted octanol–water partition coefficient (Wildman–Crippen LogP) is 4.10. The van der Waals surface area contributed by atoms with Crippen LogP contribution in [-0.4, -0.2) is 36.3 Å². The summed E-state index contributed by atoms with van der Waals surface area (Å²) in [5.74, 6) is 0.710. The number of nitrogens with zero attached hydrogens (tertiary/aromatic N) is 5. The summed E-state index contributed by atoms with van der Waals surface area (Å²) >= 11 is 6.37. The minimum absolute atomic E-state index is 0.169. The van der Waals surface area contributed by atoms with Crippen LogP contribution in [0.15, 0.2) is 42.7 Å². The molecule has 31 heavy (non-hydrogen) atoms. The number of alkyl halides is 1. The highest BCUT2D eigenvalue weighted by Gasteiger charge is 2.31. The van der Waals surface area contributed by atoms with Gasteiger partial charge in [-0.1, -0.05) is 17.7 Å². The lowest BCUT2D eigenvalue weighted by molar-refractivity contribution is 0.0913. The summed E-state index contributed by atoms with van der Waals surface area (Å²) in [5.41, 5.74) is 3.74. The minimum atomic E-state index is -1.25. The fraction of sp³-hybridized carbons (Fsp3) is 0.273. The quantitative estimate of drug-likeness (QED) is 0.522. The van der Waals surface area contributed by atoms with Gasteiger partial charge in [0.2, 0.25) is 0 Å². The number of fused-ring (bicyclic) bond motifs is 3. The van der Waals surface area contributed by atoms with Gasteiger partial charge in [0.05, 0.1) is 33.3 Å². The number of rotatable bonds is 3. The fourth-order valence-electron chi connectivity index (χ4n) is 4.01. The van der Waals surface area contributed by atoms with E-state index in [0.717, 1.165) is 16.6 Å². The third-order valence-electron chi connectivity index (χ3n) is 5.51. The standard InChI is InChI=1S/C22H20ClFN6O/c1-12-3-6-20-19(7-12)27-21-18(24)8-14(10-29(20)21)26-22(31)16-5-4-15(9-17(16)23)30-11-25-13(2)28-30/h3-7,9,11,14,18H,8,10H2,1-2H3,(H,26,31). The summed E-state index contributed by atoms with van der Waals surface area (Å²) in [6, 6.07) is 10.5. The van der Waals surface area contributed by atoms with Crippen LogP contribution in [0.4, 0.5) is 4.39 Å². The first kappa shape index (κ1) is 19.7. The Morgan fingerprint density at radius 2 is 2.06 bits per heavy atom. The molecule has 1 aliphatic rings. The molecule has 3 heterocycles. The van der Waals surface area contributed by atoms with E-state index < -0.39 is 6.17 Å². The van der Waals surface area contributed by atoms with Gasteiger partial charge in [-0.05, 0) is 49.7 Å². The summed E-state index contributed by atoms with van der Waals surface area (Å²) < 4.78 is 18.3. The van der Waals surface area contributed by atoms with Crippen LogP contribution in [0.25, 0.3) is 16.7 Å². The summed E-state index contributed by atoms with van der Waals surface area (Å²) in [7, 11) is 0. The van der Waals surface area contributed by atoms with Crippen LogP contribution in [0.3, 0.4) is 0 Å². The highest BCUT2D eigenvalue weighted by molar-refractivity contribution is 6.34. The molecule has 158 valence electrons. The van der Waals surface area contributed by atoms with Crippen molar-refractivity contribution in [3.8, 4) is 5.69 Å². The molecule has 0 radical (unpaired) electrons. The molecule has 7 nitrogen and oxygen atoms in total. The number of benzene rings is 2. The number of hydrogen-bond acceptors (Lipinski definition) is 4. The van der Waals surface area contributed by atoms with Gasteiger partial charge in [-0.3, -0.25) is 4.79 Å². The van der Waals surface area contributed by atoms with Crippen molar-refractivity contribution in [1.29, 1.82) is 0 Å². The molecule has 2 aromatic heterocycles. The van der Waals surface area contributed by atoms with Gasteiger partial charge in [-0.2, -0.15) is 5.10 Å². The monoisotopic (exact) mass is 438 g/mol. The lowest BCUT2D eigenvalue weighted by atomic mass is 10.0. The molecule has 0 spiro atoms. The smallest absolute Gasteiger partial charge is 0.253 e. The Balaban J connectivity index is 1.37. The third kappa shape index (κ3) is 3.57. The number of imidazole rings is 1. The topological polar surface area (TPSA) is 77.6 Å². The number of carbonyl (C=O) groups excluding carboxylic acids is 1. The van der Waals surface area contributed by atoms with Crippen LogP contribution in [0.1, 0.15) is 40.2 Å². The first-order valence-corrected chi connectivity index (χ1v) is 10.4. The van der Waals surface area contributed by atoms with Crippen LogP contribution >= 0.6 is 11.6 Å². The molecule has 4 aromatic rings. The van der Waals surface area contributed by atoms with E-state index in [2.05, 4.69) is 20.4 Å². The summed E-state index contributed by atoms with van der Waals surface area (Å²) in [4.78, 5) is 21.4. The van der Waals surface area contributed by atoms with E-state index in [0.29, 0.717) is 34.5 Å². The van der Waals surface area contributed by atoms with Crippen LogP contribution < -0.4 is 5.32 Å². The molecule has 0 saturated carbocycles. The highest BCUT2D eigenvalue weighted by Crippen LogP contribution is 2.32. The van der Waals surface area contributed by atoms with E-state index in [-0.39, 0.29) is 18.4 Å². The zero-order valence-electron chi connectivity index (χ0n) is 17.0. The Morgan fingerprint density at radius 3 is 2.81 bits per heavy atom. The SMILES string of the molecule is Cc1ccc2c(c1)nc1n2CC(NC(=O)c2ccc(-n3cnc(C)n3)cc2Cl)CC1F. The van der Waals surface area contributed by atoms with Crippen molar-refractivity contribution in [2.24, 2.45) is 0 Å². The number of nitrogens with one attached hydrogen (secondary N) is 1. The van der Waals surface area contributed by atoms with Gasteiger partial charge < -0.3 is 9.88 Å². The van der Waals surface area contributed by atoms with Crippen LogP contribution in [0.2, 0.25) is 5.02 Å². The average molecular weight is 439 g/mol. The number of amides is 1. The van der Waals surface area contributed by atoms with E-state index in [9.17, 15) is 9.18 Å². The van der Waals surface area contributed by atoms with Gasteiger partial charge in [0.1, 0.15) is 18.0 Å². The Morgan fingerprint density at radius 1 is 1.23 bits per heavy atom. The summed E-state index contributed by atoms with van der Waals surface area (Å²) in [5, 5.41) is 7.46. The first-order chi connectivity index (χ1) is 14.9. The molecule has 1 amide bonds. The summed E-state index contributed by atoms with van der Waals surface area (Å²) in [6.45, 7) is 4.22. The first-order valence-electron chi connectivity index (χ1n) is 9.99. The molecule has 0 bridgehead atoms. The van der Waals surface area contributed by atoms with Crippen molar-refractivity contribution >= 4 is 28.5 Å². The van der Waals surface area contributed by atoms with E-state index in [1.54, 1.807) is 36.1 Å². The van der Waals surface area contributed by atoms with Crippen molar-refractivity contribution in [1.82, 2.24) is 29.6 Å². The van der Waals surface area contributed by atoms with Crippen LogP contribution in [0.5, 0.6) is 0 Å². The number of aromatic nitrogens is 5. The van der Waals surface area contributed by atoms with Gasteiger partial charge in [0.25, 0.3) is 5.91 Å². The van der Waals surface area contributed by atoms with Crippen molar-refractivity contribution in [2.75, 3.05) is 0 Å². The highest BCUT2D eigenvalue weighted by atomic mass is 35.5. The molecule has 0 saturated heterocycles. The number of hydrogen-bond donors (Lipinski definition) is 1. The third-order valence-corrected chi connectivity index (χ3v) is 5.82. The molecular weight excluding hydrogens is 419 g/mol. The number of halogens is 2. The zero-order chi connectivity index (χ0) is 21.7. The van der Waals surface area contributed by atoms with Crippen molar-refractivity contribution in [2.45, 2.75) is 39.0 Å². The number of aryl methyl sites for hydroxylation is 2. The Bertz CT molecular complexity index is 1310. The molecular formula is C22H20ClFN6O. The Kier molecular flexibility index (Phi) is 4.74.